The lowest BCUT2D eigenvalue weighted by molar-refractivity contribution is -0.118. The highest BCUT2D eigenvalue weighted by molar-refractivity contribution is 8.13. The number of rotatable bonds is 5. The van der Waals surface area contributed by atoms with E-state index in [1.54, 1.807) is 11.6 Å². The quantitative estimate of drug-likeness (QED) is 0.863. The van der Waals surface area contributed by atoms with Crippen LogP contribution < -0.4 is 10.1 Å². The summed E-state index contributed by atoms with van der Waals surface area (Å²) in [5.74, 6) is 4.43. The monoisotopic (exact) mass is 294 g/mol. The first-order valence-corrected chi connectivity index (χ1v) is 8.21. The Kier molecular flexibility index (Phi) is 4.70. The molecule has 2 aromatic rings. The summed E-state index contributed by atoms with van der Waals surface area (Å²) in [5.41, 5.74) is 0. The van der Waals surface area contributed by atoms with Crippen molar-refractivity contribution in [2.75, 3.05) is 18.2 Å². The van der Waals surface area contributed by atoms with E-state index in [0.29, 0.717) is 10.9 Å². The number of benzene rings is 1. The van der Waals surface area contributed by atoms with Crippen LogP contribution in [0.1, 0.15) is 0 Å². The van der Waals surface area contributed by atoms with Crippen LogP contribution in [0.25, 0.3) is 0 Å². The third-order valence-electron chi connectivity index (χ3n) is 2.27. The van der Waals surface area contributed by atoms with Crippen molar-refractivity contribution in [2.24, 2.45) is 0 Å². The largest absolute Gasteiger partial charge is 0.484 e. The minimum absolute atomic E-state index is 0.0136. The number of anilines is 1. The second-order valence-corrected chi connectivity index (χ2v) is 6.42. The molecule has 0 aliphatic heterocycles. The van der Waals surface area contributed by atoms with Gasteiger partial charge in [0.1, 0.15) is 5.75 Å². The Balaban J connectivity index is 1.84. The Bertz CT molecular complexity index is 565. The molecule has 1 aromatic heterocycles. The van der Waals surface area contributed by atoms with E-state index in [0.717, 1.165) is 0 Å². The summed E-state index contributed by atoms with van der Waals surface area (Å²) in [5, 5.41) is 5.04. The second-order valence-electron chi connectivity index (χ2n) is 3.78. The number of aromatic nitrogens is 1. The van der Waals surface area contributed by atoms with E-state index >= 15 is 0 Å². The first-order chi connectivity index (χ1) is 9.15. The molecular weight excluding hydrogens is 280 g/mol. The fourth-order valence-electron chi connectivity index (χ4n) is 1.36. The van der Waals surface area contributed by atoms with Crippen LogP contribution in [0.2, 0.25) is 0 Å². The molecule has 2 rings (SSSR count). The van der Waals surface area contributed by atoms with E-state index in [4.69, 9.17) is 4.74 Å². The van der Waals surface area contributed by atoms with E-state index in [9.17, 15) is 4.79 Å². The minimum Gasteiger partial charge on any atom is -0.484 e. The van der Waals surface area contributed by atoms with Crippen LogP contribution in [0, 0.1) is 0 Å². The summed E-state index contributed by atoms with van der Waals surface area (Å²) in [6.45, 7) is -0.0266. The molecule has 0 radical (unpaired) electrons. The van der Waals surface area contributed by atoms with Crippen molar-refractivity contribution in [1.82, 2.24) is 4.98 Å². The standard InChI is InChI=1S/C13H14N2O2S2/c1-19(2)11-5-3-10(4-6-11)17-9-12(16)15-13-14-7-8-18-13/h3-8H,1,9H2,2H3,(H,14,15,16). The van der Waals surface area contributed by atoms with Crippen molar-refractivity contribution >= 4 is 38.7 Å². The molecule has 0 saturated carbocycles. The number of nitrogens with zero attached hydrogens (tertiary/aromatic N) is 1. The van der Waals surface area contributed by atoms with E-state index in [1.807, 2.05) is 24.3 Å². The Morgan fingerprint density at radius 2 is 2.21 bits per heavy atom. The number of amides is 1. The fraction of sp³-hybridized carbons (Fsp3) is 0.154. The SMILES string of the molecule is C=S(C)c1ccc(OCC(=O)Nc2nccs2)cc1. The highest BCUT2D eigenvalue weighted by atomic mass is 32.2. The van der Waals surface area contributed by atoms with Gasteiger partial charge in [-0.25, -0.2) is 4.98 Å². The maximum Gasteiger partial charge on any atom is 0.264 e. The lowest BCUT2D eigenvalue weighted by Crippen LogP contribution is -2.19. The van der Waals surface area contributed by atoms with Gasteiger partial charge in [-0.05, 0) is 30.5 Å². The summed E-state index contributed by atoms with van der Waals surface area (Å²) >= 11 is 1.37. The Morgan fingerprint density at radius 1 is 1.47 bits per heavy atom. The highest BCUT2D eigenvalue weighted by Crippen LogP contribution is 2.23. The van der Waals surface area contributed by atoms with E-state index in [2.05, 4.69) is 22.4 Å². The minimum atomic E-state index is -0.216. The summed E-state index contributed by atoms with van der Waals surface area (Å²) in [6, 6.07) is 7.62. The molecule has 1 unspecified atom stereocenters. The molecule has 1 atom stereocenters. The predicted molar refractivity (Wildman–Crippen MR) is 81.6 cm³/mol. The van der Waals surface area contributed by atoms with Crippen LogP contribution >= 0.6 is 21.8 Å². The number of carbonyl (C=O) groups excluding carboxylic acids is 1. The Labute approximate surface area is 118 Å². The number of nitrogens with one attached hydrogen (secondary N) is 1. The molecule has 0 fully saturated rings. The molecule has 1 N–H and O–H groups in total. The molecule has 19 heavy (non-hydrogen) atoms. The van der Waals surface area contributed by atoms with Gasteiger partial charge in [-0.3, -0.25) is 10.1 Å². The number of hydrogen-bond donors (Lipinski definition) is 1. The third-order valence-corrected chi connectivity index (χ3v) is 4.04. The lowest BCUT2D eigenvalue weighted by atomic mass is 10.3. The van der Waals surface area contributed by atoms with Gasteiger partial charge in [0.15, 0.2) is 11.7 Å². The molecule has 0 aliphatic rings. The van der Waals surface area contributed by atoms with Crippen molar-refractivity contribution < 1.29 is 9.53 Å². The normalized spacial score (nSPS) is 11.8. The van der Waals surface area contributed by atoms with Gasteiger partial charge >= 0.3 is 0 Å². The average Bonchev–Trinajstić information content (AvgIpc) is 2.89. The molecule has 6 heteroatoms. The molecule has 1 heterocycles. The third kappa shape index (κ3) is 4.18. The second kappa shape index (κ2) is 6.49. The highest BCUT2D eigenvalue weighted by Gasteiger charge is 2.05. The van der Waals surface area contributed by atoms with Gasteiger partial charge in [0.2, 0.25) is 0 Å². The molecule has 4 nitrogen and oxygen atoms in total. The number of hydrogen-bond acceptors (Lipinski definition) is 4. The summed E-state index contributed by atoms with van der Waals surface area (Å²) in [6.07, 6.45) is 3.69. The zero-order valence-electron chi connectivity index (χ0n) is 10.5. The van der Waals surface area contributed by atoms with Crippen LogP contribution in [0.3, 0.4) is 0 Å². The van der Waals surface area contributed by atoms with Crippen LogP contribution in [-0.2, 0) is 4.79 Å². The van der Waals surface area contributed by atoms with Gasteiger partial charge in [0, 0.05) is 16.5 Å². The zero-order valence-corrected chi connectivity index (χ0v) is 12.1. The summed E-state index contributed by atoms with van der Waals surface area (Å²) < 4.78 is 5.40. The Hall–Kier alpha value is -1.66. The van der Waals surface area contributed by atoms with Crippen LogP contribution in [0.15, 0.2) is 40.7 Å². The van der Waals surface area contributed by atoms with Crippen molar-refractivity contribution in [1.29, 1.82) is 0 Å². The first kappa shape index (κ1) is 13.8. The number of carbonyl (C=O) groups is 1. The molecule has 0 aliphatic carbocycles. The van der Waals surface area contributed by atoms with Gasteiger partial charge in [-0.15, -0.1) is 11.3 Å². The predicted octanol–water partition coefficient (Wildman–Crippen LogP) is 2.85. The van der Waals surface area contributed by atoms with E-state index in [1.165, 1.54) is 16.2 Å². The zero-order chi connectivity index (χ0) is 13.7. The van der Waals surface area contributed by atoms with Gasteiger partial charge in [-0.1, -0.05) is 5.87 Å². The van der Waals surface area contributed by atoms with Gasteiger partial charge < -0.3 is 4.74 Å². The molecular formula is C13H14N2O2S2. The molecule has 0 bridgehead atoms. The first-order valence-electron chi connectivity index (χ1n) is 5.53. The van der Waals surface area contributed by atoms with Crippen LogP contribution in [0.4, 0.5) is 5.13 Å². The molecule has 1 amide bonds. The molecule has 100 valence electrons. The molecule has 0 saturated heterocycles. The van der Waals surface area contributed by atoms with Gasteiger partial charge in [0.05, 0.1) is 0 Å². The van der Waals surface area contributed by atoms with Gasteiger partial charge in [-0.2, -0.15) is 10.5 Å². The van der Waals surface area contributed by atoms with Crippen molar-refractivity contribution in [3.05, 3.63) is 35.8 Å². The maximum absolute atomic E-state index is 11.6. The average molecular weight is 294 g/mol. The fourth-order valence-corrected chi connectivity index (χ4v) is 2.50. The maximum atomic E-state index is 11.6. The topological polar surface area (TPSA) is 51.2 Å². The smallest absolute Gasteiger partial charge is 0.264 e. The molecule has 1 aromatic carbocycles. The van der Waals surface area contributed by atoms with Crippen molar-refractivity contribution in [3.8, 4) is 5.75 Å². The number of thiazole rings is 1. The lowest BCUT2D eigenvalue weighted by Gasteiger charge is -2.07. The van der Waals surface area contributed by atoms with Crippen molar-refractivity contribution in [3.63, 3.8) is 0 Å². The van der Waals surface area contributed by atoms with E-state index < -0.39 is 0 Å². The van der Waals surface area contributed by atoms with Crippen molar-refractivity contribution in [2.45, 2.75) is 4.90 Å². The molecule has 0 spiro atoms. The van der Waals surface area contributed by atoms with Crippen LogP contribution in [0.5, 0.6) is 5.75 Å². The van der Waals surface area contributed by atoms with Crippen LogP contribution in [-0.4, -0.2) is 29.6 Å². The summed E-state index contributed by atoms with van der Waals surface area (Å²) in [7, 11) is -0.0136. The summed E-state index contributed by atoms with van der Waals surface area (Å²) in [4.78, 5) is 16.7. The Morgan fingerprint density at radius 3 is 2.79 bits per heavy atom. The number of ether oxygens (including phenoxy) is 1. The van der Waals surface area contributed by atoms with Gasteiger partial charge in [0.25, 0.3) is 5.91 Å². The van der Waals surface area contributed by atoms with E-state index in [-0.39, 0.29) is 23.0 Å².